The van der Waals surface area contributed by atoms with Crippen molar-refractivity contribution < 1.29 is 19.1 Å². The van der Waals surface area contributed by atoms with Gasteiger partial charge in [0.15, 0.2) is 0 Å². The number of carbonyl (C=O) groups excluding carboxylic acids is 2. The summed E-state index contributed by atoms with van der Waals surface area (Å²) >= 11 is 0. The molecule has 4 nitrogen and oxygen atoms in total. The second kappa shape index (κ2) is 9.59. The molecule has 4 unspecified atom stereocenters. The number of hydrogen-bond acceptors (Lipinski definition) is 4. The van der Waals surface area contributed by atoms with E-state index in [1.807, 2.05) is 27.7 Å². The molecule has 0 aromatic rings. The molecule has 3 aliphatic carbocycles. The molecule has 6 aliphatic rings. The van der Waals surface area contributed by atoms with Crippen LogP contribution in [0.4, 0.5) is 0 Å². The van der Waals surface area contributed by atoms with Crippen LogP contribution in [-0.4, -0.2) is 24.6 Å². The molecule has 3 saturated carbocycles. The highest BCUT2D eigenvalue weighted by Gasteiger charge is 2.44. The Balaban J connectivity index is 0.000000155. The van der Waals surface area contributed by atoms with E-state index in [2.05, 4.69) is 0 Å². The van der Waals surface area contributed by atoms with Gasteiger partial charge in [-0.25, -0.2) is 0 Å². The Morgan fingerprint density at radius 3 is 2.04 bits per heavy atom. The van der Waals surface area contributed by atoms with Gasteiger partial charge in [-0.15, -0.1) is 0 Å². The van der Waals surface area contributed by atoms with E-state index >= 15 is 0 Å². The monoisotopic (exact) mass is 352 g/mol. The van der Waals surface area contributed by atoms with E-state index in [1.54, 1.807) is 0 Å². The molecule has 3 aliphatic heterocycles. The van der Waals surface area contributed by atoms with Gasteiger partial charge in [0, 0.05) is 5.92 Å². The van der Waals surface area contributed by atoms with Crippen LogP contribution in [0.3, 0.4) is 0 Å². The van der Waals surface area contributed by atoms with Gasteiger partial charge in [-0.3, -0.25) is 9.59 Å². The van der Waals surface area contributed by atoms with Crippen LogP contribution in [0.2, 0.25) is 0 Å². The summed E-state index contributed by atoms with van der Waals surface area (Å²) in [6.07, 6.45) is 9.69. The van der Waals surface area contributed by atoms with Crippen LogP contribution in [0, 0.1) is 29.6 Å². The molecule has 25 heavy (non-hydrogen) atoms. The molecule has 4 bridgehead atoms. The van der Waals surface area contributed by atoms with Gasteiger partial charge in [0.2, 0.25) is 0 Å². The summed E-state index contributed by atoms with van der Waals surface area (Å²) in [6, 6.07) is 0. The van der Waals surface area contributed by atoms with Gasteiger partial charge in [0.25, 0.3) is 0 Å². The lowest BCUT2D eigenvalue weighted by Gasteiger charge is -2.35. The Bertz CT molecular complexity index is 433. The summed E-state index contributed by atoms with van der Waals surface area (Å²) < 4.78 is 10.3. The minimum Gasteiger partial charge on any atom is -0.465 e. The normalized spacial score (nSPS) is 39.4. The summed E-state index contributed by atoms with van der Waals surface area (Å²) in [5.41, 5.74) is 0. The second-order valence-electron chi connectivity index (χ2n) is 7.59. The highest BCUT2D eigenvalue weighted by molar-refractivity contribution is 5.75. The first-order valence-corrected chi connectivity index (χ1v) is 10.6. The summed E-state index contributed by atoms with van der Waals surface area (Å²) in [5, 5.41) is 0. The maximum Gasteiger partial charge on any atom is 0.309 e. The highest BCUT2D eigenvalue weighted by atomic mass is 16.5. The Kier molecular flexibility index (Phi) is 7.77. The van der Waals surface area contributed by atoms with Gasteiger partial charge in [0.05, 0.1) is 18.4 Å². The minimum atomic E-state index is 0.0532. The molecule has 4 atom stereocenters. The third kappa shape index (κ3) is 4.77. The van der Waals surface area contributed by atoms with Crippen molar-refractivity contribution in [2.45, 2.75) is 85.2 Å². The van der Waals surface area contributed by atoms with E-state index < -0.39 is 0 Å². The predicted molar refractivity (Wildman–Crippen MR) is 97.9 cm³/mol. The molecular weight excluding hydrogens is 316 g/mol. The van der Waals surface area contributed by atoms with Crippen molar-refractivity contribution in [3.8, 4) is 0 Å². The Morgan fingerprint density at radius 1 is 0.800 bits per heavy atom. The van der Waals surface area contributed by atoms with Crippen LogP contribution < -0.4 is 0 Å². The van der Waals surface area contributed by atoms with Crippen LogP contribution in [0.25, 0.3) is 0 Å². The molecular formula is C21H36O4. The molecule has 0 radical (unpaired) electrons. The van der Waals surface area contributed by atoms with Crippen LogP contribution in [0.15, 0.2) is 0 Å². The van der Waals surface area contributed by atoms with Crippen molar-refractivity contribution in [1.29, 1.82) is 0 Å². The molecule has 0 amide bonds. The molecule has 4 heteroatoms. The number of cyclic esters (lactones) is 1. The van der Waals surface area contributed by atoms with Crippen molar-refractivity contribution in [2.75, 3.05) is 6.61 Å². The fraction of sp³-hybridized carbons (Fsp3) is 0.905. The van der Waals surface area contributed by atoms with Crippen LogP contribution in [-0.2, 0) is 19.1 Å². The van der Waals surface area contributed by atoms with Crippen molar-refractivity contribution in [3.05, 3.63) is 0 Å². The van der Waals surface area contributed by atoms with Gasteiger partial charge in [-0.05, 0) is 56.8 Å². The maximum atomic E-state index is 11.4. The Labute approximate surface area is 153 Å². The van der Waals surface area contributed by atoms with Gasteiger partial charge in [-0.2, -0.15) is 0 Å². The topological polar surface area (TPSA) is 52.6 Å². The molecule has 0 aromatic carbocycles. The smallest absolute Gasteiger partial charge is 0.309 e. The molecule has 6 fully saturated rings. The first-order chi connectivity index (χ1) is 12.2. The van der Waals surface area contributed by atoms with Gasteiger partial charge in [-0.1, -0.05) is 34.1 Å². The minimum absolute atomic E-state index is 0.0532. The van der Waals surface area contributed by atoms with Crippen LogP contribution in [0.5, 0.6) is 0 Å². The molecule has 0 N–H and O–H groups in total. The van der Waals surface area contributed by atoms with E-state index in [0.29, 0.717) is 12.5 Å². The number of hydrogen-bond donors (Lipinski definition) is 0. The third-order valence-electron chi connectivity index (χ3n) is 6.11. The first kappa shape index (κ1) is 20.3. The van der Waals surface area contributed by atoms with Crippen molar-refractivity contribution >= 4 is 11.9 Å². The molecule has 3 saturated heterocycles. The van der Waals surface area contributed by atoms with Crippen molar-refractivity contribution in [3.63, 3.8) is 0 Å². The average Bonchev–Trinajstić information content (AvgIpc) is 3.19. The number of esters is 2. The second-order valence-corrected chi connectivity index (χ2v) is 7.59. The lowest BCUT2D eigenvalue weighted by molar-refractivity contribution is -0.151. The molecule has 3 heterocycles. The number of fused-ring (bicyclic) bond motifs is 2. The average molecular weight is 353 g/mol. The fourth-order valence-corrected chi connectivity index (χ4v) is 5.18. The van der Waals surface area contributed by atoms with E-state index in [9.17, 15) is 9.59 Å². The summed E-state index contributed by atoms with van der Waals surface area (Å²) in [4.78, 5) is 22.3. The summed E-state index contributed by atoms with van der Waals surface area (Å²) in [5.74, 6) is 2.89. The largest absolute Gasteiger partial charge is 0.465 e. The van der Waals surface area contributed by atoms with Gasteiger partial charge < -0.3 is 9.47 Å². The predicted octanol–water partition coefficient (Wildman–Crippen LogP) is 4.75. The molecule has 0 aromatic heterocycles. The SMILES string of the molecule is CC.CC.O=C1OC2CC3CC(C2)CC1C3.O=C1OCC2CCCC12. The van der Waals surface area contributed by atoms with Crippen LogP contribution >= 0.6 is 0 Å². The maximum absolute atomic E-state index is 11.4. The van der Waals surface area contributed by atoms with Crippen molar-refractivity contribution in [2.24, 2.45) is 29.6 Å². The van der Waals surface area contributed by atoms with E-state index in [4.69, 9.17) is 9.47 Å². The standard InChI is InChI=1S/C10H14O2.C7H10O2.2C2H6/c11-10-8-2-6-1-7(3-8)5-9(4-6)12-10;8-7-6-3-1-2-5(6)4-9-7;2*1-2/h6-9H,1-5H2;5-6H,1-4H2;2*1-2H3. The molecule has 144 valence electrons. The summed E-state index contributed by atoms with van der Waals surface area (Å²) in [6.45, 7) is 8.70. The fourth-order valence-electron chi connectivity index (χ4n) is 5.18. The third-order valence-corrected chi connectivity index (χ3v) is 6.11. The lowest BCUT2D eigenvalue weighted by atomic mass is 9.68. The highest BCUT2D eigenvalue weighted by Crippen LogP contribution is 2.46. The van der Waals surface area contributed by atoms with Crippen molar-refractivity contribution in [1.82, 2.24) is 0 Å². The summed E-state index contributed by atoms with van der Waals surface area (Å²) in [7, 11) is 0. The molecule has 0 spiro atoms. The molecule has 6 rings (SSSR count). The van der Waals surface area contributed by atoms with E-state index in [-0.39, 0.29) is 29.9 Å². The zero-order valence-electron chi connectivity index (χ0n) is 16.5. The van der Waals surface area contributed by atoms with Gasteiger partial charge in [0.1, 0.15) is 6.10 Å². The number of ether oxygens (including phenoxy) is 2. The Morgan fingerprint density at radius 2 is 1.44 bits per heavy atom. The van der Waals surface area contributed by atoms with E-state index in [0.717, 1.165) is 43.9 Å². The lowest BCUT2D eigenvalue weighted by Crippen LogP contribution is -2.29. The zero-order chi connectivity index (χ0) is 18.4. The number of rotatable bonds is 0. The zero-order valence-corrected chi connectivity index (χ0v) is 16.5. The number of carbonyl (C=O) groups is 2. The first-order valence-electron chi connectivity index (χ1n) is 10.6. The Hall–Kier alpha value is -1.06. The van der Waals surface area contributed by atoms with Crippen LogP contribution in [0.1, 0.15) is 79.1 Å². The quantitative estimate of drug-likeness (QED) is 0.590. The van der Waals surface area contributed by atoms with Gasteiger partial charge >= 0.3 is 11.9 Å². The van der Waals surface area contributed by atoms with E-state index in [1.165, 1.54) is 19.3 Å².